The molecule has 0 spiro atoms. The first kappa shape index (κ1) is 20.2. The van der Waals surface area contributed by atoms with E-state index in [0.717, 1.165) is 19.0 Å². The Labute approximate surface area is 179 Å². The lowest BCUT2D eigenvalue weighted by Gasteiger charge is -2.25. The van der Waals surface area contributed by atoms with Crippen molar-refractivity contribution in [2.45, 2.75) is 23.8 Å². The summed E-state index contributed by atoms with van der Waals surface area (Å²) in [7, 11) is 0. The lowest BCUT2D eigenvalue weighted by Crippen LogP contribution is -2.28. The molecule has 2 aliphatic rings. The van der Waals surface area contributed by atoms with Gasteiger partial charge in [-0.05, 0) is 43.0 Å². The molecule has 8 heteroatoms. The van der Waals surface area contributed by atoms with Gasteiger partial charge >= 0.3 is 0 Å². The molecule has 3 heterocycles. The summed E-state index contributed by atoms with van der Waals surface area (Å²) in [6.45, 7) is 1.97. The van der Waals surface area contributed by atoms with Gasteiger partial charge < -0.3 is 14.1 Å². The number of piperidine rings is 1. The zero-order valence-corrected chi connectivity index (χ0v) is 17.8. The lowest BCUT2D eigenvalue weighted by atomic mass is 10.1. The maximum atomic E-state index is 11.9. The van der Waals surface area contributed by atoms with Gasteiger partial charge in [0.05, 0.1) is 10.8 Å². The second-order valence-electron chi connectivity index (χ2n) is 6.95. The number of hydrazone groups is 1. The van der Waals surface area contributed by atoms with E-state index in [0.29, 0.717) is 16.1 Å². The molecule has 0 unspecified atom stereocenters. The number of nitrogens with one attached hydrogen (secondary N) is 1. The Morgan fingerprint density at radius 1 is 1.14 bits per heavy atom. The van der Waals surface area contributed by atoms with Crippen LogP contribution in [0.5, 0.6) is 5.75 Å². The first-order valence-electron chi connectivity index (χ1n) is 9.90. The molecule has 0 saturated carbocycles. The highest BCUT2D eigenvalue weighted by atomic mass is 32.2. The Morgan fingerprint density at radius 2 is 1.90 bits per heavy atom. The van der Waals surface area contributed by atoms with Crippen LogP contribution in [0.3, 0.4) is 0 Å². The summed E-state index contributed by atoms with van der Waals surface area (Å²) >= 11 is 3.94. The number of anilines is 1. The van der Waals surface area contributed by atoms with Gasteiger partial charge in [-0.3, -0.25) is 4.79 Å². The van der Waals surface area contributed by atoms with Gasteiger partial charge in [0.25, 0.3) is 5.91 Å². The lowest BCUT2D eigenvalue weighted by molar-refractivity contribution is -0.123. The molecule has 6 nitrogen and oxygen atoms in total. The minimum Gasteiger partial charge on any atom is -0.484 e. The van der Waals surface area contributed by atoms with Crippen molar-refractivity contribution in [3.8, 4) is 5.75 Å². The second kappa shape index (κ2) is 10.1. The van der Waals surface area contributed by atoms with Gasteiger partial charge in [-0.15, -0.1) is 23.5 Å². The molecular formula is C21H25N3O3S2. The van der Waals surface area contributed by atoms with E-state index in [9.17, 15) is 4.79 Å². The number of thioether (sulfide) groups is 2. The maximum Gasteiger partial charge on any atom is 0.277 e. The molecule has 1 N–H and O–H groups in total. The zero-order chi connectivity index (χ0) is 19.9. The minimum absolute atomic E-state index is 0.0825. The van der Waals surface area contributed by atoms with Crippen molar-refractivity contribution in [3.05, 3.63) is 47.7 Å². The summed E-state index contributed by atoms with van der Waals surface area (Å²) in [5, 5.41) is 3.96. The number of amides is 1. The number of carbonyl (C=O) groups excluding carboxylic acids is 1. The molecule has 2 saturated heterocycles. The van der Waals surface area contributed by atoms with Crippen molar-refractivity contribution in [2.75, 3.05) is 36.1 Å². The van der Waals surface area contributed by atoms with E-state index >= 15 is 0 Å². The number of rotatable bonds is 7. The van der Waals surface area contributed by atoms with Crippen LogP contribution in [0.2, 0.25) is 0 Å². The fraction of sp³-hybridized carbons (Fsp3) is 0.429. The molecule has 0 aliphatic carbocycles. The standard InChI is InChI=1S/C21H25N3O3S2/c25-19(15-26-17-6-4-16(5-7-17)21-28-12-13-29-21)23-22-14-18-8-9-20(27-18)24-10-2-1-3-11-24/h4-9,14,21H,1-3,10-13,15H2,(H,23,25)/b22-14-. The Hall–Kier alpha value is -2.06. The van der Waals surface area contributed by atoms with E-state index in [1.54, 1.807) is 0 Å². The second-order valence-corrected chi connectivity index (χ2v) is 9.67. The van der Waals surface area contributed by atoms with Gasteiger partial charge in [-0.1, -0.05) is 12.1 Å². The van der Waals surface area contributed by atoms with Gasteiger partial charge in [-0.25, -0.2) is 5.43 Å². The monoisotopic (exact) mass is 431 g/mol. The summed E-state index contributed by atoms with van der Waals surface area (Å²) in [6.07, 6.45) is 5.18. The molecule has 1 aromatic carbocycles. The van der Waals surface area contributed by atoms with Gasteiger partial charge in [0, 0.05) is 30.7 Å². The number of benzene rings is 1. The largest absolute Gasteiger partial charge is 0.484 e. The van der Waals surface area contributed by atoms with E-state index in [4.69, 9.17) is 9.15 Å². The predicted octanol–water partition coefficient (Wildman–Crippen LogP) is 4.28. The van der Waals surface area contributed by atoms with E-state index < -0.39 is 0 Å². The highest BCUT2D eigenvalue weighted by molar-refractivity contribution is 8.19. The molecule has 2 fully saturated rings. The van der Waals surface area contributed by atoms with Crippen LogP contribution in [0.1, 0.15) is 35.2 Å². The van der Waals surface area contributed by atoms with Crippen LogP contribution >= 0.6 is 23.5 Å². The first-order chi connectivity index (χ1) is 14.3. The van der Waals surface area contributed by atoms with Gasteiger partial charge in [0.15, 0.2) is 12.5 Å². The van der Waals surface area contributed by atoms with Crippen LogP contribution in [0, 0.1) is 0 Å². The summed E-state index contributed by atoms with van der Waals surface area (Å²) in [6, 6.07) is 11.8. The highest BCUT2D eigenvalue weighted by Gasteiger charge is 2.18. The normalized spacial score (nSPS) is 17.7. The van der Waals surface area contributed by atoms with Crippen molar-refractivity contribution in [3.63, 3.8) is 0 Å². The molecular weight excluding hydrogens is 406 g/mol. The molecule has 0 bridgehead atoms. The smallest absolute Gasteiger partial charge is 0.277 e. The number of hydrogen-bond acceptors (Lipinski definition) is 7. The van der Waals surface area contributed by atoms with Crippen molar-refractivity contribution < 1.29 is 13.9 Å². The molecule has 2 aromatic rings. The van der Waals surface area contributed by atoms with Crippen LogP contribution in [-0.4, -0.2) is 43.3 Å². The molecule has 1 amide bonds. The molecule has 1 aromatic heterocycles. The van der Waals surface area contributed by atoms with Crippen molar-refractivity contribution in [2.24, 2.45) is 5.10 Å². The average Bonchev–Trinajstić information content (AvgIpc) is 3.46. The Bertz CT molecular complexity index is 826. The van der Waals surface area contributed by atoms with Crippen LogP contribution in [0.25, 0.3) is 0 Å². The van der Waals surface area contributed by atoms with Gasteiger partial charge in [0.1, 0.15) is 11.5 Å². The third-order valence-corrected chi connectivity index (χ3v) is 7.91. The molecule has 4 rings (SSSR count). The SMILES string of the molecule is O=C(COc1ccc(C2SCCS2)cc1)N/N=C\c1ccc(N2CCCCC2)o1. The molecule has 29 heavy (non-hydrogen) atoms. The van der Waals surface area contributed by atoms with Gasteiger partial charge in [-0.2, -0.15) is 5.10 Å². The summed E-state index contributed by atoms with van der Waals surface area (Å²) in [5.41, 5.74) is 3.76. The third kappa shape index (κ3) is 5.73. The maximum absolute atomic E-state index is 11.9. The van der Waals surface area contributed by atoms with E-state index in [1.807, 2.05) is 47.8 Å². The first-order valence-corrected chi connectivity index (χ1v) is 12.0. The van der Waals surface area contributed by atoms with Crippen LogP contribution in [-0.2, 0) is 4.79 Å². The van der Waals surface area contributed by atoms with E-state index in [-0.39, 0.29) is 12.5 Å². The average molecular weight is 432 g/mol. The topological polar surface area (TPSA) is 67.1 Å². The van der Waals surface area contributed by atoms with Crippen molar-refractivity contribution >= 4 is 41.5 Å². The number of nitrogens with zero attached hydrogens (tertiary/aromatic N) is 2. The van der Waals surface area contributed by atoms with E-state index in [2.05, 4.69) is 27.6 Å². The van der Waals surface area contributed by atoms with E-state index in [1.165, 1.54) is 42.5 Å². The fourth-order valence-corrected chi connectivity index (χ4v) is 6.18. The summed E-state index contributed by atoms with van der Waals surface area (Å²) in [5.74, 6) is 4.24. The molecule has 0 atom stereocenters. The third-order valence-electron chi connectivity index (χ3n) is 4.81. The Kier molecular flexibility index (Phi) is 7.05. The number of carbonyl (C=O) groups is 1. The van der Waals surface area contributed by atoms with Gasteiger partial charge in [0.2, 0.25) is 0 Å². The van der Waals surface area contributed by atoms with Crippen LogP contribution < -0.4 is 15.1 Å². The number of furan rings is 1. The Balaban J connectivity index is 1.20. The van der Waals surface area contributed by atoms with Crippen LogP contribution in [0.15, 0.2) is 45.9 Å². The number of ether oxygens (including phenoxy) is 1. The quantitative estimate of drug-likeness (QED) is 0.521. The van der Waals surface area contributed by atoms with Crippen molar-refractivity contribution in [1.82, 2.24) is 5.43 Å². The minimum atomic E-state index is -0.310. The zero-order valence-electron chi connectivity index (χ0n) is 16.2. The summed E-state index contributed by atoms with van der Waals surface area (Å²) < 4.78 is 11.8. The summed E-state index contributed by atoms with van der Waals surface area (Å²) in [4.78, 5) is 14.2. The molecule has 0 radical (unpaired) electrons. The van der Waals surface area contributed by atoms with Crippen LogP contribution in [0.4, 0.5) is 5.88 Å². The fourth-order valence-electron chi connectivity index (χ4n) is 3.32. The number of hydrogen-bond donors (Lipinski definition) is 1. The Morgan fingerprint density at radius 3 is 2.66 bits per heavy atom. The van der Waals surface area contributed by atoms with Crippen molar-refractivity contribution in [1.29, 1.82) is 0 Å². The predicted molar refractivity (Wildman–Crippen MR) is 120 cm³/mol. The molecule has 2 aliphatic heterocycles. The highest BCUT2D eigenvalue weighted by Crippen LogP contribution is 2.45. The molecule has 154 valence electrons.